The lowest BCUT2D eigenvalue weighted by Crippen LogP contribution is -2.46. The van der Waals surface area contributed by atoms with Crippen LogP contribution in [0, 0.1) is 0 Å². The van der Waals surface area contributed by atoms with Gasteiger partial charge in [0, 0.05) is 7.11 Å². The average molecular weight is 293 g/mol. The SMILES string of the molecule is COC(=O)N1C(OC)CC[C@H]1C(=O)OCc1ccccc1. The molecule has 0 aromatic heterocycles. The maximum absolute atomic E-state index is 12.2. The zero-order valence-corrected chi connectivity index (χ0v) is 12.2. The number of carbonyl (C=O) groups excluding carboxylic acids is 2. The summed E-state index contributed by atoms with van der Waals surface area (Å²) in [6.07, 6.45) is 0.0468. The minimum absolute atomic E-state index is 0.183. The maximum Gasteiger partial charge on any atom is 0.412 e. The van der Waals surface area contributed by atoms with Crippen molar-refractivity contribution in [2.24, 2.45) is 0 Å². The van der Waals surface area contributed by atoms with Crippen LogP contribution in [0.25, 0.3) is 0 Å². The van der Waals surface area contributed by atoms with Crippen LogP contribution in [-0.2, 0) is 25.6 Å². The Hall–Kier alpha value is -2.08. The Morgan fingerprint density at radius 2 is 1.90 bits per heavy atom. The molecule has 114 valence electrons. The van der Waals surface area contributed by atoms with Gasteiger partial charge in [-0.25, -0.2) is 9.59 Å². The topological polar surface area (TPSA) is 65.1 Å². The second-order valence-electron chi connectivity index (χ2n) is 4.75. The van der Waals surface area contributed by atoms with Gasteiger partial charge in [-0.1, -0.05) is 30.3 Å². The molecular weight excluding hydrogens is 274 g/mol. The van der Waals surface area contributed by atoms with Gasteiger partial charge >= 0.3 is 12.1 Å². The standard InChI is InChI=1S/C15H19NO5/c1-19-13-9-8-12(16(13)15(18)20-2)14(17)21-10-11-6-4-3-5-7-11/h3-7,12-13H,8-10H2,1-2H3/t12-,13?/m0/s1. The fourth-order valence-electron chi connectivity index (χ4n) is 2.42. The molecule has 0 N–H and O–H groups in total. The summed E-state index contributed by atoms with van der Waals surface area (Å²) in [6, 6.07) is 8.73. The van der Waals surface area contributed by atoms with Gasteiger partial charge < -0.3 is 14.2 Å². The lowest BCUT2D eigenvalue weighted by atomic mass is 10.2. The van der Waals surface area contributed by atoms with E-state index < -0.39 is 24.3 Å². The number of carbonyl (C=O) groups is 2. The monoisotopic (exact) mass is 293 g/mol. The molecule has 1 heterocycles. The molecule has 1 saturated heterocycles. The highest BCUT2D eigenvalue weighted by atomic mass is 16.6. The molecule has 1 aromatic rings. The van der Waals surface area contributed by atoms with E-state index in [1.807, 2.05) is 30.3 Å². The number of benzene rings is 1. The molecule has 6 nitrogen and oxygen atoms in total. The van der Waals surface area contributed by atoms with E-state index in [0.717, 1.165) is 5.56 Å². The fourth-order valence-corrected chi connectivity index (χ4v) is 2.42. The number of hydrogen-bond donors (Lipinski definition) is 0. The smallest absolute Gasteiger partial charge is 0.412 e. The molecule has 2 rings (SSSR count). The van der Waals surface area contributed by atoms with Gasteiger partial charge in [-0.3, -0.25) is 4.90 Å². The summed E-state index contributed by atoms with van der Waals surface area (Å²) in [5.74, 6) is -0.441. The summed E-state index contributed by atoms with van der Waals surface area (Å²) in [4.78, 5) is 25.3. The van der Waals surface area contributed by atoms with E-state index in [0.29, 0.717) is 12.8 Å². The second-order valence-corrected chi connectivity index (χ2v) is 4.75. The molecule has 1 fully saturated rings. The van der Waals surface area contributed by atoms with Crippen molar-refractivity contribution in [3.63, 3.8) is 0 Å². The quantitative estimate of drug-likeness (QED) is 0.794. The maximum atomic E-state index is 12.2. The predicted molar refractivity (Wildman–Crippen MR) is 74.3 cm³/mol. The van der Waals surface area contributed by atoms with E-state index in [2.05, 4.69) is 0 Å². The highest BCUT2D eigenvalue weighted by Crippen LogP contribution is 2.26. The van der Waals surface area contributed by atoms with Crippen LogP contribution in [-0.4, -0.2) is 43.5 Å². The highest BCUT2D eigenvalue weighted by molar-refractivity contribution is 5.82. The summed E-state index contributed by atoms with van der Waals surface area (Å²) in [5, 5.41) is 0. The number of ether oxygens (including phenoxy) is 3. The average Bonchev–Trinajstić information content (AvgIpc) is 2.96. The predicted octanol–water partition coefficient (Wildman–Crippen LogP) is 1.93. The van der Waals surface area contributed by atoms with Crippen LogP contribution >= 0.6 is 0 Å². The van der Waals surface area contributed by atoms with Crippen molar-refractivity contribution in [3.8, 4) is 0 Å². The third-order valence-electron chi connectivity index (χ3n) is 3.49. The Morgan fingerprint density at radius 3 is 2.52 bits per heavy atom. The van der Waals surface area contributed by atoms with Gasteiger partial charge in [0.25, 0.3) is 0 Å². The number of rotatable bonds is 4. The Bertz CT molecular complexity index is 490. The number of methoxy groups -OCH3 is 2. The van der Waals surface area contributed by atoms with Crippen molar-refractivity contribution in [2.45, 2.75) is 31.7 Å². The largest absolute Gasteiger partial charge is 0.459 e. The Morgan fingerprint density at radius 1 is 1.19 bits per heavy atom. The zero-order chi connectivity index (χ0) is 15.2. The van der Waals surface area contributed by atoms with Gasteiger partial charge in [-0.05, 0) is 18.4 Å². The van der Waals surface area contributed by atoms with Crippen LogP contribution < -0.4 is 0 Å². The second kappa shape index (κ2) is 7.08. The first-order chi connectivity index (χ1) is 10.2. The van der Waals surface area contributed by atoms with Crippen molar-refractivity contribution >= 4 is 12.1 Å². The van der Waals surface area contributed by atoms with Crippen LogP contribution in [0.4, 0.5) is 4.79 Å². The van der Waals surface area contributed by atoms with E-state index in [1.54, 1.807) is 0 Å². The summed E-state index contributed by atoms with van der Waals surface area (Å²) in [7, 11) is 2.78. The molecule has 0 aliphatic carbocycles. The molecule has 21 heavy (non-hydrogen) atoms. The van der Waals surface area contributed by atoms with Gasteiger partial charge in [-0.15, -0.1) is 0 Å². The van der Waals surface area contributed by atoms with E-state index >= 15 is 0 Å². The molecular formula is C15H19NO5. The van der Waals surface area contributed by atoms with Crippen molar-refractivity contribution in [3.05, 3.63) is 35.9 Å². The number of hydrogen-bond acceptors (Lipinski definition) is 5. The normalized spacial score (nSPS) is 21.1. The molecule has 0 saturated carbocycles. The summed E-state index contributed by atoms with van der Waals surface area (Å²) in [6.45, 7) is 0.183. The van der Waals surface area contributed by atoms with E-state index in [1.165, 1.54) is 19.1 Å². The molecule has 1 amide bonds. The Balaban J connectivity index is 1.99. The van der Waals surface area contributed by atoms with Crippen LogP contribution in [0.5, 0.6) is 0 Å². The Kier molecular flexibility index (Phi) is 5.16. The van der Waals surface area contributed by atoms with Crippen LogP contribution in [0.3, 0.4) is 0 Å². The number of nitrogens with zero attached hydrogens (tertiary/aromatic N) is 1. The van der Waals surface area contributed by atoms with Crippen molar-refractivity contribution < 1.29 is 23.8 Å². The first kappa shape index (κ1) is 15.3. The fraction of sp³-hybridized carbons (Fsp3) is 0.467. The number of likely N-dealkylation sites (tertiary alicyclic amines) is 1. The van der Waals surface area contributed by atoms with Crippen LogP contribution in [0.1, 0.15) is 18.4 Å². The van der Waals surface area contributed by atoms with Crippen molar-refractivity contribution in [1.82, 2.24) is 4.90 Å². The summed E-state index contributed by atoms with van der Waals surface area (Å²) < 4.78 is 15.2. The molecule has 0 bridgehead atoms. The number of esters is 1. The molecule has 6 heteroatoms. The first-order valence-corrected chi connectivity index (χ1v) is 6.77. The van der Waals surface area contributed by atoms with Crippen LogP contribution in [0.15, 0.2) is 30.3 Å². The first-order valence-electron chi connectivity index (χ1n) is 6.77. The zero-order valence-electron chi connectivity index (χ0n) is 12.2. The summed E-state index contributed by atoms with van der Waals surface area (Å²) >= 11 is 0. The highest BCUT2D eigenvalue weighted by Gasteiger charge is 2.42. The number of amides is 1. The van der Waals surface area contributed by atoms with E-state index in [4.69, 9.17) is 14.2 Å². The molecule has 0 spiro atoms. The molecule has 0 radical (unpaired) electrons. The van der Waals surface area contributed by atoms with Crippen molar-refractivity contribution in [1.29, 1.82) is 0 Å². The van der Waals surface area contributed by atoms with Gasteiger partial charge in [0.1, 0.15) is 18.9 Å². The lowest BCUT2D eigenvalue weighted by molar-refractivity contribution is -0.152. The molecule has 1 aromatic carbocycles. The third kappa shape index (κ3) is 3.52. The molecule has 1 aliphatic heterocycles. The molecule has 1 aliphatic rings. The lowest BCUT2D eigenvalue weighted by Gasteiger charge is -2.26. The molecule has 2 atom stereocenters. The van der Waals surface area contributed by atoms with Gasteiger partial charge in [-0.2, -0.15) is 0 Å². The third-order valence-corrected chi connectivity index (χ3v) is 3.49. The molecule has 1 unspecified atom stereocenters. The van der Waals surface area contributed by atoms with Gasteiger partial charge in [0.05, 0.1) is 7.11 Å². The van der Waals surface area contributed by atoms with E-state index in [9.17, 15) is 9.59 Å². The van der Waals surface area contributed by atoms with Crippen molar-refractivity contribution in [2.75, 3.05) is 14.2 Å². The minimum Gasteiger partial charge on any atom is -0.459 e. The summed E-state index contributed by atoms with van der Waals surface area (Å²) in [5.41, 5.74) is 0.900. The Labute approximate surface area is 123 Å². The van der Waals surface area contributed by atoms with E-state index in [-0.39, 0.29) is 6.61 Å². The van der Waals surface area contributed by atoms with Gasteiger partial charge in [0.2, 0.25) is 0 Å². The van der Waals surface area contributed by atoms with Gasteiger partial charge in [0.15, 0.2) is 0 Å². The van der Waals surface area contributed by atoms with Crippen LogP contribution in [0.2, 0.25) is 0 Å². The minimum atomic E-state index is -0.661.